The lowest BCUT2D eigenvalue weighted by Crippen LogP contribution is -2.63. The number of nitrogens with one attached hydrogen (secondary N) is 1. The van der Waals surface area contributed by atoms with Crippen molar-refractivity contribution in [3.63, 3.8) is 0 Å². The Morgan fingerprint density at radius 3 is 2.43 bits per heavy atom. The Morgan fingerprint density at radius 2 is 1.81 bits per heavy atom. The minimum absolute atomic E-state index is 0.138. The molecule has 5 atom stereocenters. The molecule has 1 heterocycles. The van der Waals surface area contributed by atoms with E-state index in [1.165, 1.54) is 12.8 Å². The third-order valence-corrected chi connectivity index (χ3v) is 4.01. The molecule has 0 aromatic rings. The van der Waals surface area contributed by atoms with Crippen LogP contribution in [0.3, 0.4) is 0 Å². The van der Waals surface area contributed by atoms with E-state index in [-0.39, 0.29) is 12.5 Å². The molecule has 6 heteroatoms. The maximum Gasteiger partial charge on any atom is 0.220 e. The highest BCUT2D eigenvalue weighted by Crippen LogP contribution is 2.21. The summed E-state index contributed by atoms with van der Waals surface area (Å²) in [5.74, 6) is -0.138. The lowest BCUT2D eigenvalue weighted by molar-refractivity contribution is -0.190. The van der Waals surface area contributed by atoms with Crippen molar-refractivity contribution in [3.05, 3.63) is 0 Å². The molecular formula is C15H29NO5. The maximum atomic E-state index is 11.9. The average Bonchev–Trinajstić information content (AvgIpc) is 2.47. The number of unbranched alkanes of at least 4 members (excludes halogenated alkanes) is 4. The van der Waals surface area contributed by atoms with E-state index < -0.39 is 30.5 Å². The van der Waals surface area contributed by atoms with Crippen molar-refractivity contribution in [2.45, 2.75) is 82.8 Å². The van der Waals surface area contributed by atoms with Crippen LogP contribution in [0.2, 0.25) is 0 Å². The number of aliphatic hydroxyl groups is 3. The zero-order chi connectivity index (χ0) is 15.8. The number of carbonyl (C=O) groups is 1. The Morgan fingerprint density at radius 1 is 1.14 bits per heavy atom. The third-order valence-electron chi connectivity index (χ3n) is 4.01. The second-order valence-corrected chi connectivity index (χ2v) is 5.80. The van der Waals surface area contributed by atoms with Crippen LogP contribution in [0.1, 0.15) is 52.4 Å². The number of amides is 1. The topological polar surface area (TPSA) is 99.0 Å². The van der Waals surface area contributed by atoms with Crippen LogP contribution in [-0.4, -0.2) is 58.3 Å². The Balaban J connectivity index is 2.37. The normalized spacial score (nSPS) is 32.9. The molecule has 21 heavy (non-hydrogen) atoms. The summed E-state index contributed by atoms with van der Waals surface area (Å²) < 4.78 is 5.41. The smallest absolute Gasteiger partial charge is 0.220 e. The molecule has 1 fully saturated rings. The van der Waals surface area contributed by atoms with Crippen LogP contribution < -0.4 is 5.32 Å². The van der Waals surface area contributed by atoms with Crippen molar-refractivity contribution in [2.24, 2.45) is 0 Å². The fourth-order valence-corrected chi connectivity index (χ4v) is 2.65. The first-order valence-electron chi connectivity index (χ1n) is 7.93. The van der Waals surface area contributed by atoms with Gasteiger partial charge in [-0.3, -0.25) is 4.79 Å². The molecular weight excluding hydrogens is 274 g/mol. The summed E-state index contributed by atoms with van der Waals surface area (Å²) in [4.78, 5) is 11.9. The van der Waals surface area contributed by atoms with E-state index in [0.717, 1.165) is 19.3 Å². The van der Waals surface area contributed by atoms with Gasteiger partial charge in [-0.2, -0.15) is 0 Å². The summed E-state index contributed by atoms with van der Waals surface area (Å²) in [6.45, 7) is 3.49. The van der Waals surface area contributed by atoms with Crippen molar-refractivity contribution in [1.29, 1.82) is 0 Å². The highest BCUT2D eigenvalue weighted by atomic mass is 16.5. The molecule has 0 aromatic carbocycles. The van der Waals surface area contributed by atoms with Gasteiger partial charge in [-0.05, 0) is 13.3 Å². The Hall–Kier alpha value is -0.690. The molecule has 124 valence electrons. The molecule has 1 saturated heterocycles. The van der Waals surface area contributed by atoms with Crippen molar-refractivity contribution in [1.82, 2.24) is 5.32 Å². The Labute approximate surface area is 126 Å². The molecule has 0 saturated carbocycles. The molecule has 1 amide bonds. The van der Waals surface area contributed by atoms with Gasteiger partial charge in [0.1, 0.15) is 18.3 Å². The fourth-order valence-electron chi connectivity index (χ4n) is 2.65. The van der Waals surface area contributed by atoms with E-state index in [1.807, 2.05) is 0 Å². The van der Waals surface area contributed by atoms with Gasteiger partial charge < -0.3 is 25.4 Å². The van der Waals surface area contributed by atoms with Crippen molar-refractivity contribution >= 4 is 5.91 Å². The standard InChI is InChI=1S/C15H29NO5/c1-3-4-5-6-7-8-12(18)16-13-10(2)21-11(9-17)14(19)15(13)20/h10-11,13-15,17,19-20H,3-9H2,1-2H3,(H,16,18)/t10-,11?,13?,14+,15?/m0/s1. The second kappa shape index (κ2) is 9.35. The first kappa shape index (κ1) is 18.4. The maximum absolute atomic E-state index is 11.9. The van der Waals surface area contributed by atoms with E-state index in [0.29, 0.717) is 6.42 Å². The third kappa shape index (κ3) is 5.54. The minimum Gasteiger partial charge on any atom is -0.394 e. The van der Waals surface area contributed by atoms with Crippen LogP contribution in [0.5, 0.6) is 0 Å². The van der Waals surface area contributed by atoms with E-state index in [9.17, 15) is 15.0 Å². The molecule has 0 spiro atoms. The van der Waals surface area contributed by atoms with Crippen LogP contribution in [-0.2, 0) is 9.53 Å². The van der Waals surface area contributed by atoms with Gasteiger partial charge >= 0.3 is 0 Å². The number of hydrogen-bond acceptors (Lipinski definition) is 5. The van der Waals surface area contributed by atoms with E-state index in [4.69, 9.17) is 9.84 Å². The van der Waals surface area contributed by atoms with Crippen molar-refractivity contribution < 1.29 is 24.9 Å². The van der Waals surface area contributed by atoms with Gasteiger partial charge in [0.05, 0.1) is 18.8 Å². The first-order chi connectivity index (χ1) is 10.0. The first-order valence-corrected chi connectivity index (χ1v) is 7.93. The molecule has 0 bridgehead atoms. The molecule has 0 radical (unpaired) electrons. The van der Waals surface area contributed by atoms with Gasteiger partial charge in [-0.15, -0.1) is 0 Å². The minimum atomic E-state index is -1.19. The molecule has 4 N–H and O–H groups in total. The number of rotatable bonds is 8. The highest BCUT2D eigenvalue weighted by molar-refractivity contribution is 5.76. The van der Waals surface area contributed by atoms with Crippen LogP contribution in [0.4, 0.5) is 0 Å². The molecule has 3 unspecified atom stereocenters. The molecule has 0 aliphatic carbocycles. The number of ether oxygens (including phenoxy) is 1. The number of carbonyl (C=O) groups excluding carboxylic acids is 1. The van der Waals surface area contributed by atoms with Crippen molar-refractivity contribution in [2.75, 3.05) is 6.61 Å². The van der Waals surface area contributed by atoms with Gasteiger partial charge in [0.25, 0.3) is 0 Å². The molecule has 6 nitrogen and oxygen atoms in total. The number of aliphatic hydroxyl groups excluding tert-OH is 3. The largest absolute Gasteiger partial charge is 0.394 e. The van der Waals surface area contributed by atoms with Gasteiger partial charge in [0.2, 0.25) is 5.91 Å². The van der Waals surface area contributed by atoms with E-state index in [2.05, 4.69) is 12.2 Å². The summed E-state index contributed by atoms with van der Waals surface area (Å²) in [5.41, 5.74) is 0. The monoisotopic (exact) mass is 303 g/mol. The van der Waals surface area contributed by atoms with Gasteiger partial charge in [-0.25, -0.2) is 0 Å². The average molecular weight is 303 g/mol. The molecule has 1 aliphatic rings. The van der Waals surface area contributed by atoms with Crippen LogP contribution in [0.25, 0.3) is 0 Å². The second-order valence-electron chi connectivity index (χ2n) is 5.80. The Kier molecular flexibility index (Phi) is 8.18. The summed E-state index contributed by atoms with van der Waals surface area (Å²) in [6, 6.07) is -0.647. The zero-order valence-corrected chi connectivity index (χ0v) is 13.0. The summed E-state index contributed by atoms with van der Waals surface area (Å²) in [6.07, 6.45) is 2.16. The molecule has 0 aromatic heterocycles. The van der Waals surface area contributed by atoms with Gasteiger partial charge in [0.15, 0.2) is 0 Å². The number of hydrogen-bond donors (Lipinski definition) is 4. The van der Waals surface area contributed by atoms with Gasteiger partial charge in [-0.1, -0.05) is 32.6 Å². The predicted molar refractivity (Wildman–Crippen MR) is 78.7 cm³/mol. The van der Waals surface area contributed by atoms with Crippen LogP contribution in [0, 0.1) is 0 Å². The SMILES string of the molecule is CCCCCCCC(=O)NC1C(O)[C@H](O)C(CO)O[C@H]1C. The Bertz CT molecular complexity index is 312. The highest BCUT2D eigenvalue weighted by Gasteiger charge is 2.42. The lowest BCUT2D eigenvalue weighted by Gasteiger charge is -2.41. The zero-order valence-electron chi connectivity index (χ0n) is 13.0. The van der Waals surface area contributed by atoms with Crippen LogP contribution >= 0.6 is 0 Å². The van der Waals surface area contributed by atoms with Crippen molar-refractivity contribution in [3.8, 4) is 0 Å². The summed E-state index contributed by atoms with van der Waals surface area (Å²) in [7, 11) is 0. The van der Waals surface area contributed by atoms with E-state index in [1.54, 1.807) is 6.92 Å². The summed E-state index contributed by atoms with van der Waals surface area (Å²) in [5, 5.41) is 31.7. The van der Waals surface area contributed by atoms with E-state index >= 15 is 0 Å². The predicted octanol–water partition coefficient (Wildman–Crippen LogP) is 0.333. The fraction of sp³-hybridized carbons (Fsp3) is 0.933. The lowest BCUT2D eigenvalue weighted by atomic mass is 9.93. The molecule has 1 aliphatic heterocycles. The van der Waals surface area contributed by atoms with Crippen LogP contribution in [0.15, 0.2) is 0 Å². The molecule has 1 rings (SSSR count). The quantitative estimate of drug-likeness (QED) is 0.484. The summed E-state index contributed by atoms with van der Waals surface area (Å²) >= 11 is 0. The van der Waals surface area contributed by atoms with Gasteiger partial charge in [0, 0.05) is 6.42 Å².